The summed E-state index contributed by atoms with van der Waals surface area (Å²) < 4.78 is 0. The summed E-state index contributed by atoms with van der Waals surface area (Å²) in [6.07, 6.45) is 4.75. The molecule has 2 nitrogen and oxygen atoms in total. The molecule has 0 unspecified atom stereocenters. The van der Waals surface area contributed by atoms with Crippen LogP contribution in [0, 0.1) is 6.92 Å². The molecule has 0 spiro atoms. The first kappa shape index (κ1) is 38.2. The third-order valence-electron chi connectivity index (χ3n) is 15.5. The van der Waals surface area contributed by atoms with Gasteiger partial charge in [0.1, 0.15) is 0 Å². The number of benzene rings is 6. The number of rotatable bonds is 4. The van der Waals surface area contributed by atoms with E-state index in [0.29, 0.717) is 0 Å². The summed E-state index contributed by atoms with van der Waals surface area (Å²) in [7, 11) is 0.879. The van der Waals surface area contributed by atoms with Gasteiger partial charge in [-0.1, -0.05) is 141 Å². The van der Waals surface area contributed by atoms with Gasteiger partial charge in [0.05, 0.1) is 5.69 Å². The van der Waals surface area contributed by atoms with Crippen LogP contribution < -0.4 is 21.1 Å². The third-order valence-corrected chi connectivity index (χ3v) is 15.5. The fourth-order valence-corrected chi connectivity index (χ4v) is 11.4. The van der Waals surface area contributed by atoms with Gasteiger partial charge in [-0.15, -0.1) is 0 Å². The maximum absolute atomic E-state index is 3.99. The number of anilines is 5. The van der Waals surface area contributed by atoms with E-state index in [1.165, 1.54) is 121 Å². The molecule has 2 aliphatic carbocycles. The Balaban J connectivity index is 1.32. The van der Waals surface area contributed by atoms with Gasteiger partial charge in [0, 0.05) is 33.7 Å². The van der Waals surface area contributed by atoms with E-state index >= 15 is 0 Å². The van der Waals surface area contributed by atoms with Crippen molar-refractivity contribution in [1.82, 2.24) is 0 Å². The highest BCUT2D eigenvalue weighted by Crippen LogP contribution is 2.57. The van der Waals surface area contributed by atoms with Crippen LogP contribution in [-0.4, -0.2) is 7.28 Å². The summed E-state index contributed by atoms with van der Waals surface area (Å²) >= 11 is 0. The molecule has 3 heteroatoms. The van der Waals surface area contributed by atoms with Crippen molar-refractivity contribution >= 4 is 46.6 Å². The summed E-state index contributed by atoms with van der Waals surface area (Å²) in [6, 6.07) is 42.3. The predicted molar refractivity (Wildman–Crippen MR) is 256 cm³/mol. The molecule has 0 aromatic heterocycles. The van der Waals surface area contributed by atoms with Gasteiger partial charge in [-0.2, -0.15) is 0 Å². The largest absolute Gasteiger partial charge is 0.355 e. The number of fused-ring (bicyclic) bond motifs is 6. The quantitative estimate of drug-likeness (QED) is 0.179. The highest BCUT2D eigenvalue weighted by molar-refractivity contribution is 6.73. The van der Waals surface area contributed by atoms with E-state index in [-0.39, 0.29) is 27.1 Å². The van der Waals surface area contributed by atoms with E-state index in [2.05, 4.69) is 196 Å². The van der Waals surface area contributed by atoms with Gasteiger partial charge in [0.15, 0.2) is 7.28 Å². The molecule has 1 N–H and O–H groups in total. The zero-order valence-electron chi connectivity index (χ0n) is 37.4. The maximum Gasteiger partial charge on any atom is 0.198 e. The molecule has 4 aliphatic rings. The minimum absolute atomic E-state index is 0.0666. The van der Waals surface area contributed by atoms with Crippen molar-refractivity contribution in [2.45, 2.75) is 129 Å². The topological polar surface area (TPSA) is 15.3 Å². The summed E-state index contributed by atoms with van der Waals surface area (Å²) in [4.78, 5) is 2.71. The Bertz CT molecular complexity index is 2710. The van der Waals surface area contributed by atoms with Gasteiger partial charge in [-0.05, 0) is 158 Å². The van der Waals surface area contributed by atoms with E-state index in [1.807, 2.05) is 0 Å². The van der Waals surface area contributed by atoms with Crippen LogP contribution in [0.4, 0.5) is 28.4 Å². The smallest absolute Gasteiger partial charge is 0.198 e. The Kier molecular flexibility index (Phi) is 8.25. The van der Waals surface area contributed by atoms with Crippen molar-refractivity contribution in [3.8, 4) is 22.3 Å². The Labute approximate surface area is 354 Å². The first-order valence-corrected chi connectivity index (χ1v) is 22.2. The molecule has 0 radical (unpaired) electrons. The average Bonchev–Trinajstić information content (AvgIpc) is 3.20. The number of aryl methyl sites for hydroxylation is 1. The van der Waals surface area contributed by atoms with Crippen molar-refractivity contribution in [1.29, 1.82) is 0 Å². The molecule has 6 aromatic rings. The molecule has 2 heterocycles. The van der Waals surface area contributed by atoms with Crippen LogP contribution in [0.3, 0.4) is 0 Å². The molecule has 2 aliphatic heterocycles. The van der Waals surface area contributed by atoms with E-state index in [0.717, 1.165) is 13.0 Å². The van der Waals surface area contributed by atoms with E-state index in [4.69, 9.17) is 0 Å². The lowest BCUT2D eigenvalue weighted by Crippen LogP contribution is -2.46. The van der Waals surface area contributed by atoms with Gasteiger partial charge < -0.3 is 10.2 Å². The third kappa shape index (κ3) is 5.81. The lowest BCUT2D eigenvalue weighted by molar-refractivity contribution is 0.331. The van der Waals surface area contributed by atoms with Gasteiger partial charge in [0.2, 0.25) is 0 Å². The van der Waals surface area contributed by atoms with E-state index < -0.39 is 0 Å². The van der Waals surface area contributed by atoms with E-state index in [1.54, 1.807) is 0 Å². The van der Waals surface area contributed by atoms with Gasteiger partial charge in [-0.3, -0.25) is 0 Å². The Hall–Kier alpha value is -5.02. The molecule has 0 saturated carbocycles. The summed E-state index contributed by atoms with van der Waals surface area (Å²) in [5.74, 6) is 0. The predicted octanol–water partition coefficient (Wildman–Crippen LogP) is 13.6. The van der Waals surface area contributed by atoms with Crippen molar-refractivity contribution in [3.63, 3.8) is 0 Å². The highest BCUT2D eigenvalue weighted by Gasteiger charge is 2.46. The molecule has 0 atom stereocenters. The number of hydrogen-bond donors (Lipinski definition) is 1. The van der Waals surface area contributed by atoms with Crippen molar-refractivity contribution < 1.29 is 0 Å². The van der Waals surface area contributed by atoms with Crippen molar-refractivity contribution in [2.75, 3.05) is 10.2 Å². The molecule has 6 aromatic carbocycles. The van der Waals surface area contributed by atoms with Crippen molar-refractivity contribution in [2.24, 2.45) is 0 Å². The average molecular weight is 773 g/mol. The minimum atomic E-state index is -0.151. The number of nitrogens with one attached hydrogen (secondary N) is 1. The Morgan fingerprint density at radius 2 is 1.08 bits per heavy atom. The van der Waals surface area contributed by atoms with Crippen LogP contribution in [0.25, 0.3) is 22.3 Å². The van der Waals surface area contributed by atoms with Crippen LogP contribution in [-0.2, 0) is 27.1 Å². The summed E-state index contributed by atoms with van der Waals surface area (Å²) in [6.45, 7) is 26.9. The lowest BCUT2D eigenvalue weighted by atomic mass is 9.55. The maximum atomic E-state index is 3.99. The fourth-order valence-electron chi connectivity index (χ4n) is 11.4. The molecule has 59 heavy (non-hydrogen) atoms. The van der Waals surface area contributed by atoms with Crippen molar-refractivity contribution in [3.05, 3.63) is 148 Å². The van der Waals surface area contributed by atoms with Crippen LogP contribution in [0.5, 0.6) is 0 Å². The van der Waals surface area contributed by atoms with Gasteiger partial charge in [-0.25, -0.2) is 0 Å². The fraction of sp³-hybridized carbons (Fsp3) is 0.357. The molecular formula is C56H61BN2. The molecule has 298 valence electrons. The molecule has 0 fully saturated rings. The second kappa shape index (κ2) is 12.7. The highest BCUT2D eigenvalue weighted by atomic mass is 15.2. The van der Waals surface area contributed by atoms with E-state index in [9.17, 15) is 0 Å². The Morgan fingerprint density at radius 3 is 1.75 bits per heavy atom. The molecule has 0 saturated heterocycles. The lowest BCUT2D eigenvalue weighted by Gasteiger charge is -2.49. The SMILES string of the molecule is Cc1ccccc1-c1cc(-c2cc3c(cc2Nc2ccccc2)C(C)(C)CCC3(C)C)c2c(c1)N1c3cc4c(cc3C(C)(C)c3cccc(c31)B2)C(C)(C)CCC4(C)C. The van der Waals surface area contributed by atoms with Crippen LogP contribution in [0.15, 0.2) is 109 Å². The number of nitrogens with zero attached hydrogens (tertiary/aromatic N) is 1. The molecule has 0 bridgehead atoms. The standard InChI is InChI=1S/C56H61BN2/c1-34-18-15-16-21-37(34)35-28-39(38-30-41-43(54(6,7)26-24-52(41,2)3)32-47(38)58-36-19-13-12-14-20-36)50-49(29-35)59-48-33-44-42(53(4,5)25-27-55(44,8)9)31-45(48)56(10,11)40-22-17-23-46(57-50)51(40)59/h12-23,28-33,57-58H,24-27H2,1-11H3. The number of hydrogen-bond acceptors (Lipinski definition) is 2. The normalized spacial score (nSPS) is 19.3. The molecule has 10 rings (SSSR count). The Morgan fingerprint density at radius 1 is 0.492 bits per heavy atom. The summed E-state index contributed by atoms with van der Waals surface area (Å²) in [5, 5.41) is 3.99. The zero-order valence-corrected chi connectivity index (χ0v) is 37.4. The van der Waals surface area contributed by atoms with Crippen LogP contribution >= 0.6 is 0 Å². The minimum Gasteiger partial charge on any atom is -0.355 e. The second-order valence-electron chi connectivity index (χ2n) is 21.7. The number of para-hydroxylation sites is 2. The molecule has 0 amide bonds. The first-order valence-electron chi connectivity index (χ1n) is 22.2. The monoisotopic (exact) mass is 772 g/mol. The van der Waals surface area contributed by atoms with Crippen LogP contribution in [0.2, 0.25) is 0 Å². The second-order valence-corrected chi connectivity index (χ2v) is 21.7. The molecular weight excluding hydrogens is 711 g/mol. The summed E-state index contributed by atoms with van der Waals surface area (Å²) in [5.41, 5.74) is 24.7. The van der Waals surface area contributed by atoms with Gasteiger partial charge in [0.25, 0.3) is 0 Å². The van der Waals surface area contributed by atoms with Crippen LogP contribution in [0.1, 0.15) is 134 Å². The zero-order chi connectivity index (χ0) is 41.4. The first-order chi connectivity index (χ1) is 27.9. The van der Waals surface area contributed by atoms with Gasteiger partial charge >= 0.3 is 0 Å².